The fourth-order valence-electron chi connectivity index (χ4n) is 1.89. The molecule has 1 aromatic carbocycles. The molecule has 0 aliphatic carbocycles. The van der Waals surface area contributed by atoms with Gasteiger partial charge >= 0.3 is 0 Å². The molecule has 2 rings (SSSR count). The van der Waals surface area contributed by atoms with Gasteiger partial charge in [0.15, 0.2) is 6.10 Å². The van der Waals surface area contributed by atoms with Gasteiger partial charge in [0.2, 0.25) is 0 Å². The molecular formula is C12H12Cl2N2O. The highest BCUT2D eigenvalue weighted by molar-refractivity contribution is 6.31. The van der Waals surface area contributed by atoms with Crippen LogP contribution in [0.5, 0.6) is 0 Å². The third kappa shape index (κ3) is 2.84. The van der Waals surface area contributed by atoms with Crippen molar-refractivity contribution in [2.24, 2.45) is 0 Å². The van der Waals surface area contributed by atoms with Crippen LogP contribution in [0.1, 0.15) is 5.56 Å². The summed E-state index contributed by atoms with van der Waals surface area (Å²) in [5, 5.41) is 9.56. The van der Waals surface area contributed by atoms with Crippen molar-refractivity contribution in [3.05, 3.63) is 28.8 Å². The molecular weight excluding hydrogens is 259 g/mol. The summed E-state index contributed by atoms with van der Waals surface area (Å²) < 4.78 is 5.31. The lowest BCUT2D eigenvalue weighted by Gasteiger charge is -2.32. The average Bonchev–Trinajstić information content (AvgIpc) is 2.39. The summed E-state index contributed by atoms with van der Waals surface area (Å²) in [4.78, 5) is 2.10. The molecule has 1 heterocycles. The van der Waals surface area contributed by atoms with Crippen molar-refractivity contribution in [2.75, 3.05) is 24.6 Å². The van der Waals surface area contributed by atoms with Crippen LogP contribution in [0.3, 0.4) is 0 Å². The SMILES string of the molecule is N#CC1CN(c2cc(Cl)ccc2CCl)CCO1. The predicted molar refractivity (Wildman–Crippen MR) is 68.6 cm³/mol. The zero-order valence-corrected chi connectivity index (χ0v) is 10.7. The number of alkyl halides is 1. The average molecular weight is 271 g/mol. The van der Waals surface area contributed by atoms with Gasteiger partial charge in [-0.2, -0.15) is 5.26 Å². The van der Waals surface area contributed by atoms with Crippen LogP contribution in [0, 0.1) is 11.3 Å². The molecule has 1 unspecified atom stereocenters. The maximum Gasteiger partial charge on any atom is 0.161 e. The van der Waals surface area contributed by atoms with Crippen molar-refractivity contribution in [2.45, 2.75) is 12.0 Å². The minimum absolute atomic E-state index is 0.383. The standard InChI is InChI=1S/C12H12Cl2N2O/c13-6-9-1-2-10(14)5-12(9)16-3-4-17-11(7-15)8-16/h1-2,5,11H,3-4,6,8H2. The van der Waals surface area contributed by atoms with Gasteiger partial charge in [-0.1, -0.05) is 17.7 Å². The molecule has 1 aliphatic heterocycles. The third-order valence-electron chi connectivity index (χ3n) is 2.74. The molecule has 0 saturated carbocycles. The fraction of sp³-hybridized carbons (Fsp3) is 0.417. The molecule has 1 saturated heterocycles. The Labute approximate surface area is 110 Å². The predicted octanol–water partition coefficient (Wildman–Crippen LogP) is 2.81. The van der Waals surface area contributed by atoms with E-state index in [2.05, 4.69) is 11.0 Å². The van der Waals surface area contributed by atoms with Gasteiger partial charge in [-0.15, -0.1) is 11.6 Å². The van der Waals surface area contributed by atoms with Gasteiger partial charge in [0.05, 0.1) is 19.2 Å². The Morgan fingerprint density at radius 1 is 1.53 bits per heavy atom. The first-order chi connectivity index (χ1) is 8.24. The van der Waals surface area contributed by atoms with Gasteiger partial charge in [0.25, 0.3) is 0 Å². The Balaban J connectivity index is 2.26. The number of anilines is 1. The van der Waals surface area contributed by atoms with Gasteiger partial charge in [-0.3, -0.25) is 0 Å². The lowest BCUT2D eigenvalue weighted by molar-refractivity contribution is 0.0764. The number of hydrogen-bond donors (Lipinski definition) is 0. The Morgan fingerprint density at radius 2 is 2.35 bits per heavy atom. The number of ether oxygens (including phenoxy) is 1. The van der Waals surface area contributed by atoms with Crippen molar-refractivity contribution in [3.8, 4) is 6.07 Å². The Hall–Kier alpha value is -0.950. The molecule has 17 heavy (non-hydrogen) atoms. The molecule has 1 aliphatic rings. The molecule has 1 aromatic rings. The summed E-state index contributed by atoms with van der Waals surface area (Å²) in [6, 6.07) is 7.76. The largest absolute Gasteiger partial charge is 0.365 e. The van der Waals surface area contributed by atoms with Crippen molar-refractivity contribution in [1.29, 1.82) is 5.26 Å². The van der Waals surface area contributed by atoms with Crippen LogP contribution in [0.15, 0.2) is 18.2 Å². The molecule has 0 bridgehead atoms. The molecule has 1 atom stereocenters. The second kappa shape index (κ2) is 5.59. The number of rotatable bonds is 2. The smallest absolute Gasteiger partial charge is 0.161 e. The maximum absolute atomic E-state index is 8.88. The van der Waals surface area contributed by atoms with Crippen molar-refractivity contribution in [3.63, 3.8) is 0 Å². The van der Waals surface area contributed by atoms with E-state index in [4.69, 9.17) is 33.2 Å². The quantitative estimate of drug-likeness (QED) is 0.776. The summed E-state index contributed by atoms with van der Waals surface area (Å²) in [5.74, 6) is 0.432. The van der Waals surface area contributed by atoms with E-state index in [0.29, 0.717) is 24.1 Å². The van der Waals surface area contributed by atoms with E-state index in [0.717, 1.165) is 17.8 Å². The fourth-order valence-corrected chi connectivity index (χ4v) is 2.28. The lowest BCUT2D eigenvalue weighted by atomic mass is 10.1. The first kappa shape index (κ1) is 12.5. The molecule has 0 amide bonds. The number of nitrogens with zero attached hydrogens (tertiary/aromatic N) is 2. The minimum Gasteiger partial charge on any atom is -0.365 e. The highest BCUT2D eigenvalue weighted by atomic mass is 35.5. The molecule has 0 N–H and O–H groups in total. The van der Waals surface area contributed by atoms with Crippen molar-refractivity contribution < 1.29 is 4.74 Å². The maximum atomic E-state index is 8.88. The van der Waals surface area contributed by atoms with E-state index < -0.39 is 0 Å². The van der Waals surface area contributed by atoms with Crippen LogP contribution in [-0.2, 0) is 10.6 Å². The van der Waals surface area contributed by atoms with Gasteiger partial charge in [-0.05, 0) is 17.7 Å². The first-order valence-electron chi connectivity index (χ1n) is 5.35. The summed E-state index contributed by atoms with van der Waals surface area (Å²) in [5.41, 5.74) is 2.02. The van der Waals surface area contributed by atoms with Crippen LogP contribution in [0.25, 0.3) is 0 Å². The molecule has 0 radical (unpaired) electrons. The molecule has 0 spiro atoms. The first-order valence-corrected chi connectivity index (χ1v) is 6.26. The van der Waals surface area contributed by atoms with E-state index in [1.807, 2.05) is 18.2 Å². The summed E-state index contributed by atoms with van der Waals surface area (Å²) >= 11 is 11.9. The molecule has 90 valence electrons. The third-order valence-corrected chi connectivity index (χ3v) is 3.27. The van der Waals surface area contributed by atoms with Gasteiger partial charge < -0.3 is 9.64 Å². The van der Waals surface area contributed by atoms with E-state index in [-0.39, 0.29) is 6.10 Å². The topological polar surface area (TPSA) is 36.3 Å². The highest BCUT2D eigenvalue weighted by Crippen LogP contribution is 2.27. The summed E-state index contributed by atoms with van der Waals surface area (Å²) in [6.45, 7) is 1.86. The summed E-state index contributed by atoms with van der Waals surface area (Å²) in [6.07, 6.45) is -0.383. The highest BCUT2D eigenvalue weighted by Gasteiger charge is 2.21. The Kier molecular flexibility index (Phi) is 4.11. The monoisotopic (exact) mass is 270 g/mol. The van der Waals surface area contributed by atoms with Crippen molar-refractivity contribution in [1.82, 2.24) is 0 Å². The molecule has 0 aromatic heterocycles. The summed E-state index contributed by atoms with van der Waals surface area (Å²) in [7, 11) is 0. The minimum atomic E-state index is -0.383. The van der Waals surface area contributed by atoms with Crippen LogP contribution < -0.4 is 4.90 Å². The van der Waals surface area contributed by atoms with E-state index in [1.165, 1.54) is 0 Å². The van der Waals surface area contributed by atoms with Crippen molar-refractivity contribution >= 4 is 28.9 Å². The van der Waals surface area contributed by atoms with Crippen LogP contribution >= 0.6 is 23.2 Å². The zero-order valence-electron chi connectivity index (χ0n) is 9.20. The molecule has 3 nitrogen and oxygen atoms in total. The van der Waals surface area contributed by atoms with Gasteiger partial charge in [0.1, 0.15) is 0 Å². The van der Waals surface area contributed by atoms with E-state index >= 15 is 0 Å². The number of halogens is 2. The van der Waals surface area contributed by atoms with E-state index in [1.54, 1.807) is 0 Å². The molecule has 1 fully saturated rings. The van der Waals surface area contributed by atoms with Gasteiger partial charge in [-0.25, -0.2) is 0 Å². The Morgan fingerprint density at radius 3 is 3.06 bits per heavy atom. The molecule has 5 heteroatoms. The van der Waals surface area contributed by atoms with Crippen LogP contribution in [-0.4, -0.2) is 25.8 Å². The second-order valence-electron chi connectivity index (χ2n) is 3.84. The Bertz CT molecular complexity index is 445. The number of nitriles is 1. The number of benzene rings is 1. The van der Waals surface area contributed by atoms with E-state index in [9.17, 15) is 0 Å². The number of morpholine rings is 1. The van der Waals surface area contributed by atoms with Gasteiger partial charge in [0, 0.05) is 23.1 Å². The van der Waals surface area contributed by atoms with Crippen LogP contribution in [0.4, 0.5) is 5.69 Å². The normalized spacial score (nSPS) is 20.1. The second-order valence-corrected chi connectivity index (χ2v) is 4.54. The lowest BCUT2D eigenvalue weighted by Crippen LogP contribution is -2.42. The number of hydrogen-bond acceptors (Lipinski definition) is 3. The zero-order chi connectivity index (χ0) is 12.3. The van der Waals surface area contributed by atoms with Crippen LogP contribution in [0.2, 0.25) is 5.02 Å².